The Morgan fingerprint density at radius 3 is 2.57 bits per heavy atom. The van der Waals surface area contributed by atoms with Crippen LogP contribution in [-0.2, 0) is 27.7 Å². The monoisotopic (exact) mass is 618 g/mol. The molecule has 0 aliphatic heterocycles. The van der Waals surface area contributed by atoms with Gasteiger partial charge in [0, 0.05) is 42.3 Å². The lowest BCUT2D eigenvalue weighted by Gasteiger charge is -2.29. The summed E-state index contributed by atoms with van der Waals surface area (Å²) in [6, 6.07) is 17.9. The van der Waals surface area contributed by atoms with Crippen LogP contribution < -0.4 is 15.0 Å². The number of carbonyl (C=O) groups excluding carboxylic acids is 1. The van der Waals surface area contributed by atoms with E-state index in [-0.39, 0.29) is 17.5 Å². The molecule has 1 amide bonds. The number of H-pyrrole nitrogens is 1. The maximum Gasteiger partial charge on any atom is 0.267 e. The molecule has 5 rings (SSSR count). The number of amides is 1. The Balaban J connectivity index is 1.44. The summed E-state index contributed by atoms with van der Waals surface area (Å²) >= 11 is 0. The second-order valence-electron chi connectivity index (χ2n) is 11.0. The average Bonchev–Trinajstić information content (AvgIpc) is 3.63. The van der Waals surface area contributed by atoms with E-state index in [1.165, 1.54) is 6.08 Å². The molecule has 1 aliphatic carbocycles. The van der Waals surface area contributed by atoms with Crippen molar-refractivity contribution < 1.29 is 27.9 Å². The second kappa shape index (κ2) is 13.6. The van der Waals surface area contributed by atoms with Crippen molar-refractivity contribution in [2.24, 2.45) is 0 Å². The molecule has 0 radical (unpaired) electrons. The van der Waals surface area contributed by atoms with Crippen molar-refractivity contribution in [3.05, 3.63) is 95.2 Å². The number of fused-ring (bicyclic) bond motifs is 2. The Morgan fingerprint density at radius 1 is 1.07 bits per heavy atom. The minimum Gasteiger partial charge on any atom is -0.497 e. The highest BCUT2D eigenvalue weighted by molar-refractivity contribution is 7.89. The molecule has 11 heteroatoms. The van der Waals surface area contributed by atoms with Crippen LogP contribution in [0.1, 0.15) is 34.7 Å². The summed E-state index contributed by atoms with van der Waals surface area (Å²) in [7, 11) is 1.68. The van der Waals surface area contributed by atoms with Crippen LogP contribution in [0, 0.1) is 0 Å². The van der Waals surface area contributed by atoms with Gasteiger partial charge in [-0.15, -0.1) is 0 Å². The van der Waals surface area contributed by atoms with E-state index < -0.39 is 15.9 Å². The van der Waals surface area contributed by atoms with Gasteiger partial charge in [-0.2, -0.15) is 4.31 Å². The molecule has 1 atom stereocenters. The van der Waals surface area contributed by atoms with Crippen molar-refractivity contribution in [2.75, 3.05) is 40.9 Å². The van der Waals surface area contributed by atoms with Crippen molar-refractivity contribution in [1.29, 1.82) is 0 Å². The van der Waals surface area contributed by atoms with Crippen molar-refractivity contribution in [3.63, 3.8) is 0 Å². The fourth-order valence-electron chi connectivity index (χ4n) is 5.59. The zero-order valence-electron chi connectivity index (χ0n) is 25.1. The smallest absolute Gasteiger partial charge is 0.267 e. The number of hydroxylamine groups is 1. The Bertz CT molecular complexity index is 1750. The van der Waals surface area contributed by atoms with Crippen molar-refractivity contribution in [1.82, 2.24) is 19.7 Å². The van der Waals surface area contributed by atoms with Gasteiger partial charge in [0.05, 0.1) is 18.0 Å². The molecule has 3 N–H and O–H groups in total. The first-order valence-corrected chi connectivity index (χ1v) is 15.9. The van der Waals surface area contributed by atoms with Crippen LogP contribution in [0.3, 0.4) is 0 Å². The van der Waals surface area contributed by atoms with E-state index in [4.69, 9.17) is 14.7 Å². The van der Waals surface area contributed by atoms with E-state index in [2.05, 4.69) is 4.98 Å². The van der Waals surface area contributed by atoms with Crippen molar-refractivity contribution in [3.8, 4) is 11.5 Å². The highest BCUT2D eigenvalue weighted by Crippen LogP contribution is 2.40. The number of likely N-dealkylation sites (N-methyl/N-ethyl adjacent to an activating group) is 1. The first-order chi connectivity index (χ1) is 21.2. The van der Waals surface area contributed by atoms with Crippen LogP contribution in [-0.4, -0.2) is 74.6 Å². The number of nitrogens with zero attached hydrogens (tertiary/aromatic N) is 2. The van der Waals surface area contributed by atoms with Gasteiger partial charge in [0.15, 0.2) is 0 Å². The van der Waals surface area contributed by atoms with Gasteiger partial charge in [-0.1, -0.05) is 18.2 Å². The molecule has 44 heavy (non-hydrogen) atoms. The topological polar surface area (TPSA) is 124 Å². The fraction of sp³-hybridized carbons (Fsp3) is 0.303. The fourth-order valence-corrected chi connectivity index (χ4v) is 7.23. The van der Waals surface area contributed by atoms with Gasteiger partial charge in [-0.05, 0) is 98.1 Å². The number of hydrogen-bond donors (Lipinski definition) is 3. The molecule has 4 aromatic rings. The van der Waals surface area contributed by atoms with Crippen LogP contribution in [0.4, 0.5) is 0 Å². The van der Waals surface area contributed by atoms with Gasteiger partial charge in [-0.25, -0.2) is 13.9 Å². The summed E-state index contributed by atoms with van der Waals surface area (Å²) in [6.45, 7) is 1.54. The third kappa shape index (κ3) is 6.97. The Labute approximate surface area is 257 Å². The van der Waals surface area contributed by atoms with E-state index >= 15 is 0 Å². The number of sulfonamides is 1. The molecule has 1 aromatic heterocycles. The standard InChI is InChI=1S/C33H38N4O6S/c1-36(2)18-19-43-26-7-10-28(11-8-26)44(40,41)37(17-16-25-22-34-31-21-27(42-3)9-13-29(25)31)32-14-6-24-20-23(4-12-30(24)32)5-15-33(38)35-39/h4-5,7-13,15,20-22,32,34,39H,6,14,16-19H2,1-3H3,(H,35,38). The van der Waals surface area contributed by atoms with Gasteiger partial charge < -0.3 is 19.4 Å². The van der Waals surface area contributed by atoms with Crippen LogP contribution in [0.15, 0.2) is 77.8 Å². The summed E-state index contributed by atoms with van der Waals surface area (Å²) in [5, 5.41) is 9.80. The lowest BCUT2D eigenvalue weighted by atomic mass is 10.0. The van der Waals surface area contributed by atoms with Gasteiger partial charge >= 0.3 is 0 Å². The van der Waals surface area contributed by atoms with E-state index in [9.17, 15) is 13.2 Å². The van der Waals surface area contributed by atoms with Crippen LogP contribution >= 0.6 is 0 Å². The number of hydrogen-bond acceptors (Lipinski definition) is 7. The Hall–Kier alpha value is -4.16. The predicted octanol–water partition coefficient (Wildman–Crippen LogP) is 4.56. The SMILES string of the molecule is COc1ccc2c(CCN(C3CCc4cc(C=CC(=O)NO)ccc43)S(=O)(=O)c3ccc(OCCN(C)C)cc3)c[nH]c2c1. The second-order valence-corrected chi connectivity index (χ2v) is 12.9. The van der Waals surface area contributed by atoms with Crippen LogP contribution in [0.5, 0.6) is 11.5 Å². The van der Waals surface area contributed by atoms with Crippen LogP contribution in [0.2, 0.25) is 0 Å². The quantitative estimate of drug-likeness (QED) is 0.114. The molecular weight excluding hydrogens is 580 g/mol. The maximum atomic E-state index is 14.3. The van der Waals surface area contributed by atoms with Gasteiger partial charge in [0.25, 0.3) is 5.91 Å². The first-order valence-electron chi connectivity index (χ1n) is 14.5. The number of nitrogens with one attached hydrogen (secondary N) is 2. The lowest BCUT2D eigenvalue weighted by molar-refractivity contribution is -0.124. The number of rotatable bonds is 13. The normalized spacial score (nSPS) is 14.9. The zero-order valence-corrected chi connectivity index (χ0v) is 25.9. The van der Waals surface area contributed by atoms with Gasteiger partial charge in [0.2, 0.25) is 10.0 Å². The maximum absolute atomic E-state index is 14.3. The van der Waals surface area contributed by atoms with Gasteiger partial charge in [-0.3, -0.25) is 10.0 Å². The first kappa shape index (κ1) is 31.3. The predicted molar refractivity (Wildman–Crippen MR) is 169 cm³/mol. The minimum atomic E-state index is -3.89. The van der Waals surface area contributed by atoms with E-state index in [1.54, 1.807) is 47.2 Å². The average molecular weight is 619 g/mol. The molecule has 0 fully saturated rings. The number of benzene rings is 3. The summed E-state index contributed by atoms with van der Waals surface area (Å²) in [5.41, 5.74) is 6.31. The summed E-state index contributed by atoms with van der Waals surface area (Å²) in [6.07, 6.45) is 6.64. The Kier molecular flexibility index (Phi) is 9.70. The molecule has 0 saturated carbocycles. The highest BCUT2D eigenvalue weighted by Gasteiger charge is 2.36. The molecule has 1 unspecified atom stereocenters. The number of carbonyl (C=O) groups is 1. The molecular formula is C33H38N4O6S. The van der Waals surface area contributed by atoms with Gasteiger partial charge in [0.1, 0.15) is 18.1 Å². The number of methoxy groups -OCH3 is 1. The molecule has 0 spiro atoms. The molecule has 0 bridgehead atoms. The number of aromatic amines is 1. The molecule has 0 saturated heterocycles. The largest absolute Gasteiger partial charge is 0.497 e. The van der Waals surface area contributed by atoms with E-state index in [0.717, 1.165) is 45.5 Å². The van der Waals surface area contributed by atoms with Crippen molar-refractivity contribution >= 4 is 32.9 Å². The molecule has 1 aliphatic rings. The number of aryl methyl sites for hydroxylation is 1. The van der Waals surface area contributed by atoms with Crippen LogP contribution in [0.25, 0.3) is 17.0 Å². The third-order valence-corrected chi connectivity index (χ3v) is 9.83. The van der Waals surface area contributed by atoms with E-state index in [1.807, 2.05) is 61.6 Å². The third-order valence-electron chi connectivity index (χ3n) is 7.91. The molecule has 1 heterocycles. The number of aromatic nitrogens is 1. The zero-order chi connectivity index (χ0) is 31.3. The van der Waals surface area contributed by atoms with Crippen molar-refractivity contribution in [2.45, 2.75) is 30.2 Å². The molecule has 10 nitrogen and oxygen atoms in total. The lowest BCUT2D eigenvalue weighted by Crippen LogP contribution is -2.35. The summed E-state index contributed by atoms with van der Waals surface area (Å²) in [5.74, 6) is 0.747. The number of ether oxygens (including phenoxy) is 2. The van der Waals surface area contributed by atoms with E-state index in [0.29, 0.717) is 31.6 Å². The highest BCUT2D eigenvalue weighted by atomic mass is 32.2. The molecule has 3 aromatic carbocycles. The Morgan fingerprint density at radius 2 is 1.84 bits per heavy atom. The molecule has 232 valence electrons. The summed E-state index contributed by atoms with van der Waals surface area (Å²) < 4.78 is 41.4. The minimum absolute atomic E-state index is 0.212. The summed E-state index contributed by atoms with van der Waals surface area (Å²) in [4.78, 5) is 17.0.